The molecule has 0 amide bonds. The van der Waals surface area contributed by atoms with E-state index >= 15 is 0 Å². The van der Waals surface area contributed by atoms with Crippen LogP contribution in [0, 0.1) is 17.8 Å². The highest BCUT2D eigenvalue weighted by Crippen LogP contribution is 2.40. The van der Waals surface area contributed by atoms with Crippen molar-refractivity contribution < 1.29 is 0 Å². The Morgan fingerprint density at radius 1 is 1.00 bits per heavy atom. The molecule has 0 saturated heterocycles. The lowest BCUT2D eigenvalue weighted by Gasteiger charge is -2.41. The lowest BCUT2D eigenvalue weighted by atomic mass is 10.4. The standard InChI is InChI=1S/C15H30Si2/c1-7-17(8-2,9-3)15(16(4,5)6)13-12-14-10-11-14/h14-15H,7-11H2,1-6H3. The molecule has 0 aromatic carbocycles. The Bertz CT molecular complexity index is 287. The maximum Gasteiger partial charge on any atom is 0.0661 e. The monoisotopic (exact) mass is 266 g/mol. The van der Waals surface area contributed by atoms with Crippen LogP contribution in [0.3, 0.4) is 0 Å². The molecule has 0 aromatic rings. The summed E-state index contributed by atoms with van der Waals surface area (Å²) in [6.07, 6.45) is 2.73. The predicted octanol–water partition coefficient (Wildman–Crippen LogP) is 5.16. The van der Waals surface area contributed by atoms with Crippen molar-refractivity contribution in [3.63, 3.8) is 0 Å². The van der Waals surface area contributed by atoms with Crippen molar-refractivity contribution in [2.45, 2.75) is 76.6 Å². The average molecular weight is 267 g/mol. The van der Waals surface area contributed by atoms with Crippen molar-refractivity contribution in [1.29, 1.82) is 0 Å². The van der Waals surface area contributed by atoms with Crippen LogP contribution in [0.2, 0.25) is 42.9 Å². The fraction of sp³-hybridized carbons (Fsp3) is 0.867. The van der Waals surface area contributed by atoms with Gasteiger partial charge >= 0.3 is 0 Å². The summed E-state index contributed by atoms with van der Waals surface area (Å²) in [5.74, 6) is 8.15. The fourth-order valence-electron chi connectivity index (χ4n) is 3.08. The van der Waals surface area contributed by atoms with Gasteiger partial charge in [-0.15, -0.1) is 11.8 Å². The molecule has 2 heteroatoms. The second-order valence-corrected chi connectivity index (χ2v) is 18.1. The smallest absolute Gasteiger partial charge is 0.0661 e. The van der Waals surface area contributed by atoms with Crippen LogP contribution in [0.4, 0.5) is 0 Å². The topological polar surface area (TPSA) is 0 Å². The van der Waals surface area contributed by atoms with E-state index in [0.717, 1.165) is 11.1 Å². The summed E-state index contributed by atoms with van der Waals surface area (Å²) in [5, 5.41) is 0.815. The molecule has 98 valence electrons. The lowest BCUT2D eigenvalue weighted by Crippen LogP contribution is -2.48. The summed E-state index contributed by atoms with van der Waals surface area (Å²) >= 11 is 0. The first-order chi connectivity index (χ1) is 7.89. The van der Waals surface area contributed by atoms with Crippen molar-refractivity contribution in [1.82, 2.24) is 0 Å². The van der Waals surface area contributed by atoms with Crippen LogP contribution >= 0.6 is 0 Å². The van der Waals surface area contributed by atoms with Crippen LogP contribution in [0.1, 0.15) is 33.6 Å². The molecular formula is C15H30Si2. The van der Waals surface area contributed by atoms with Crippen molar-refractivity contribution in [2.24, 2.45) is 5.92 Å². The maximum absolute atomic E-state index is 3.79. The molecule has 1 saturated carbocycles. The molecule has 1 rings (SSSR count). The minimum atomic E-state index is -1.14. The van der Waals surface area contributed by atoms with E-state index in [4.69, 9.17) is 0 Å². The van der Waals surface area contributed by atoms with Gasteiger partial charge in [0.15, 0.2) is 0 Å². The van der Waals surface area contributed by atoms with Crippen LogP contribution in [-0.4, -0.2) is 16.1 Å². The lowest BCUT2D eigenvalue weighted by molar-refractivity contribution is 1.10. The quantitative estimate of drug-likeness (QED) is 0.476. The van der Waals surface area contributed by atoms with E-state index in [1.54, 1.807) is 0 Å². The zero-order valence-electron chi connectivity index (χ0n) is 12.7. The first-order valence-corrected chi connectivity index (χ1v) is 13.7. The van der Waals surface area contributed by atoms with Crippen molar-refractivity contribution >= 4 is 16.1 Å². The molecule has 17 heavy (non-hydrogen) atoms. The van der Waals surface area contributed by atoms with Crippen LogP contribution in [0.15, 0.2) is 0 Å². The highest BCUT2D eigenvalue weighted by Gasteiger charge is 2.43. The number of hydrogen-bond donors (Lipinski definition) is 0. The molecule has 1 aliphatic carbocycles. The largest absolute Gasteiger partial charge is 0.106 e. The van der Waals surface area contributed by atoms with Crippen LogP contribution < -0.4 is 0 Å². The van der Waals surface area contributed by atoms with Gasteiger partial charge in [0, 0.05) is 11.1 Å². The molecule has 1 atom stereocenters. The van der Waals surface area contributed by atoms with Gasteiger partial charge in [0.25, 0.3) is 0 Å². The van der Waals surface area contributed by atoms with E-state index in [2.05, 4.69) is 52.3 Å². The normalized spacial score (nSPS) is 18.5. The first kappa shape index (κ1) is 15.1. The van der Waals surface area contributed by atoms with Crippen molar-refractivity contribution in [2.75, 3.05) is 0 Å². The first-order valence-electron chi connectivity index (χ1n) is 7.40. The summed E-state index contributed by atoms with van der Waals surface area (Å²) in [6, 6.07) is 4.27. The van der Waals surface area contributed by atoms with E-state index in [1.165, 1.54) is 31.0 Å². The predicted molar refractivity (Wildman–Crippen MR) is 84.8 cm³/mol. The number of hydrogen-bond acceptors (Lipinski definition) is 0. The molecule has 1 fully saturated rings. The van der Waals surface area contributed by atoms with Gasteiger partial charge in [-0.05, 0) is 12.8 Å². The molecule has 1 unspecified atom stereocenters. The Hall–Kier alpha value is -0.00623. The van der Waals surface area contributed by atoms with Gasteiger partial charge in [0.05, 0.1) is 16.1 Å². The van der Waals surface area contributed by atoms with Crippen molar-refractivity contribution in [3.05, 3.63) is 0 Å². The third kappa shape index (κ3) is 3.73. The Balaban J connectivity index is 2.99. The maximum atomic E-state index is 3.79. The Kier molecular flexibility index (Phi) is 5.10. The van der Waals surface area contributed by atoms with Crippen LogP contribution in [0.5, 0.6) is 0 Å². The molecule has 0 spiro atoms. The summed E-state index contributed by atoms with van der Waals surface area (Å²) in [7, 11) is -2.27. The molecule has 1 aliphatic rings. The highest BCUT2D eigenvalue weighted by molar-refractivity contribution is 6.98. The van der Waals surface area contributed by atoms with E-state index in [9.17, 15) is 0 Å². The Morgan fingerprint density at radius 2 is 1.47 bits per heavy atom. The highest BCUT2D eigenvalue weighted by atomic mass is 28.4. The van der Waals surface area contributed by atoms with Crippen LogP contribution in [-0.2, 0) is 0 Å². The zero-order valence-corrected chi connectivity index (χ0v) is 14.7. The second-order valence-electron chi connectivity index (χ2n) is 6.79. The molecule has 0 heterocycles. The van der Waals surface area contributed by atoms with Crippen LogP contribution in [0.25, 0.3) is 0 Å². The van der Waals surface area contributed by atoms with Gasteiger partial charge in [-0.3, -0.25) is 0 Å². The summed E-state index contributed by atoms with van der Waals surface area (Å²) in [4.78, 5) is 0. The molecule has 0 aliphatic heterocycles. The van der Waals surface area contributed by atoms with Crippen molar-refractivity contribution in [3.8, 4) is 11.8 Å². The molecule has 0 bridgehead atoms. The molecule has 0 aromatic heterocycles. The van der Waals surface area contributed by atoms with E-state index in [0.29, 0.717) is 0 Å². The average Bonchev–Trinajstić information content (AvgIpc) is 3.07. The van der Waals surface area contributed by atoms with Gasteiger partial charge in [0.1, 0.15) is 0 Å². The molecule has 0 nitrogen and oxygen atoms in total. The Labute approximate surface area is 111 Å². The summed E-state index contributed by atoms with van der Waals surface area (Å²) < 4.78 is 0. The third-order valence-electron chi connectivity index (χ3n) is 4.60. The zero-order chi connectivity index (χ0) is 13.1. The van der Waals surface area contributed by atoms with Gasteiger partial charge in [-0.1, -0.05) is 58.5 Å². The summed E-state index contributed by atoms with van der Waals surface area (Å²) in [6.45, 7) is 14.9. The molecule has 0 radical (unpaired) electrons. The fourth-order valence-corrected chi connectivity index (χ4v) is 15.9. The molecular weight excluding hydrogens is 236 g/mol. The minimum absolute atomic E-state index is 0.770. The van der Waals surface area contributed by atoms with E-state index in [-0.39, 0.29) is 0 Å². The van der Waals surface area contributed by atoms with Gasteiger partial charge in [-0.25, -0.2) is 0 Å². The number of rotatable bonds is 5. The molecule has 0 N–H and O–H groups in total. The van der Waals surface area contributed by atoms with E-state index < -0.39 is 16.1 Å². The minimum Gasteiger partial charge on any atom is -0.106 e. The van der Waals surface area contributed by atoms with Gasteiger partial charge < -0.3 is 0 Å². The summed E-state index contributed by atoms with van der Waals surface area (Å²) in [5.41, 5.74) is 0. The van der Waals surface area contributed by atoms with E-state index in [1.807, 2.05) is 0 Å². The third-order valence-corrected chi connectivity index (χ3v) is 16.5. The SMILES string of the molecule is CC[Si](CC)(CC)C(C#CC1CC1)[Si](C)(C)C. The van der Waals surface area contributed by atoms with Gasteiger partial charge in [0.2, 0.25) is 0 Å². The second kappa shape index (κ2) is 5.76. The Morgan fingerprint density at radius 3 is 1.76 bits per heavy atom. The van der Waals surface area contributed by atoms with Gasteiger partial charge in [-0.2, -0.15) is 0 Å².